The van der Waals surface area contributed by atoms with Crippen LogP contribution in [0.15, 0.2) is 35.4 Å². The molecule has 6 heteroatoms. The van der Waals surface area contributed by atoms with E-state index in [0.717, 1.165) is 12.5 Å². The summed E-state index contributed by atoms with van der Waals surface area (Å²) in [7, 11) is 1.56. The number of nitrogens with zero attached hydrogens (tertiary/aromatic N) is 1. The molecule has 0 radical (unpaired) electrons. The Morgan fingerprint density at radius 3 is 2.48 bits per heavy atom. The number of allylic oxidation sites excluding steroid dienone is 1. The van der Waals surface area contributed by atoms with Crippen molar-refractivity contribution in [2.24, 2.45) is 5.92 Å². The van der Waals surface area contributed by atoms with E-state index in [4.69, 9.17) is 4.74 Å². The van der Waals surface area contributed by atoms with Crippen LogP contribution in [0.4, 0.5) is 13.2 Å². The Bertz CT molecular complexity index is 649. The first-order chi connectivity index (χ1) is 10.8. The fraction of sp³-hybridized carbons (Fsp3) is 0.471. The molecular weight excluding hydrogens is 307 g/mol. The van der Waals surface area contributed by atoms with Gasteiger partial charge in [-0.25, -0.2) is 0 Å². The lowest BCUT2D eigenvalue weighted by atomic mass is 9.98. The van der Waals surface area contributed by atoms with Gasteiger partial charge in [0.25, 0.3) is 0 Å². The minimum absolute atomic E-state index is 0.0375. The summed E-state index contributed by atoms with van der Waals surface area (Å²) in [6, 6.07) is 6.81. The van der Waals surface area contributed by atoms with E-state index in [2.05, 4.69) is 0 Å². The van der Waals surface area contributed by atoms with Crippen LogP contribution in [0.2, 0.25) is 0 Å². The number of amides is 1. The summed E-state index contributed by atoms with van der Waals surface area (Å²) in [6.45, 7) is 1.45. The molecule has 124 valence electrons. The van der Waals surface area contributed by atoms with Crippen LogP contribution in [-0.4, -0.2) is 30.1 Å². The minimum Gasteiger partial charge on any atom is -0.497 e. The highest BCUT2D eigenvalue weighted by molar-refractivity contribution is 5.84. The summed E-state index contributed by atoms with van der Waals surface area (Å²) >= 11 is 0. The smallest absolute Gasteiger partial charge is 0.412 e. The molecule has 1 heterocycles. The monoisotopic (exact) mass is 325 g/mol. The highest BCUT2D eigenvalue weighted by Crippen LogP contribution is 2.46. The third kappa shape index (κ3) is 2.82. The third-order valence-electron chi connectivity index (χ3n) is 4.80. The summed E-state index contributed by atoms with van der Waals surface area (Å²) in [4.78, 5) is 13.9. The summed E-state index contributed by atoms with van der Waals surface area (Å²) < 4.78 is 44.0. The average molecular weight is 325 g/mol. The lowest BCUT2D eigenvalue weighted by Gasteiger charge is -2.31. The number of piperidine rings is 1. The molecule has 1 aliphatic carbocycles. The Balaban J connectivity index is 1.83. The lowest BCUT2D eigenvalue weighted by molar-refractivity contribution is -0.134. The van der Waals surface area contributed by atoms with Crippen molar-refractivity contribution < 1.29 is 22.7 Å². The second kappa shape index (κ2) is 5.58. The average Bonchev–Trinajstić information content (AvgIpc) is 3.06. The first-order valence-corrected chi connectivity index (χ1v) is 7.51. The number of halogens is 3. The first kappa shape index (κ1) is 15.9. The molecule has 1 amide bonds. The fourth-order valence-corrected chi connectivity index (χ4v) is 3.49. The van der Waals surface area contributed by atoms with Gasteiger partial charge in [0.2, 0.25) is 5.91 Å². The zero-order valence-electron chi connectivity index (χ0n) is 13.0. The van der Waals surface area contributed by atoms with Crippen LogP contribution >= 0.6 is 0 Å². The number of methoxy groups -OCH3 is 1. The molecule has 0 aromatic heterocycles. The van der Waals surface area contributed by atoms with Gasteiger partial charge in [-0.1, -0.05) is 12.1 Å². The summed E-state index contributed by atoms with van der Waals surface area (Å²) in [5, 5.41) is 0. The molecule has 23 heavy (non-hydrogen) atoms. The van der Waals surface area contributed by atoms with E-state index in [0.29, 0.717) is 24.3 Å². The summed E-state index contributed by atoms with van der Waals surface area (Å²) in [6.07, 6.45) is -3.58. The largest absolute Gasteiger partial charge is 0.497 e. The Hall–Kier alpha value is -1.98. The van der Waals surface area contributed by atoms with Gasteiger partial charge in [-0.15, -0.1) is 0 Å². The van der Waals surface area contributed by atoms with Gasteiger partial charge in [0.05, 0.1) is 13.2 Å². The number of hydrogen-bond acceptors (Lipinski definition) is 2. The van der Waals surface area contributed by atoms with Crippen LogP contribution in [0.1, 0.15) is 25.3 Å². The predicted octanol–water partition coefficient (Wildman–Crippen LogP) is 3.69. The number of likely N-dealkylation sites (tertiary alicyclic amines) is 1. The second-order valence-corrected chi connectivity index (χ2v) is 6.11. The van der Waals surface area contributed by atoms with Crippen molar-refractivity contribution >= 4 is 5.91 Å². The molecule has 1 aromatic carbocycles. The molecule has 2 aliphatic rings. The number of hydrogen-bond donors (Lipinski definition) is 0. The van der Waals surface area contributed by atoms with E-state index >= 15 is 0 Å². The molecule has 2 bridgehead atoms. The highest BCUT2D eigenvalue weighted by Gasteiger charge is 2.50. The molecule has 1 aliphatic heterocycles. The van der Waals surface area contributed by atoms with E-state index in [1.54, 1.807) is 24.1 Å². The maximum Gasteiger partial charge on any atom is 0.412 e. The number of carbonyl (C=O) groups is 1. The predicted molar refractivity (Wildman–Crippen MR) is 78.8 cm³/mol. The van der Waals surface area contributed by atoms with Gasteiger partial charge < -0.3 is 9.64 Å². The normalized spacial score (nSPS) is 26.0. The highest BCUT2D eigenvalue weighted by atomic mass is 19.4. The van der Waals surface area contributed by atoms with Crippen LogP contribution < -0.4 is 4.74 Å². The van der Waals surface area contributed by atoms with Crippen molar-refractivity contribution in [1.82, 2.24) is 4.90 Å². The number of benzene rings is 1. The van der Waals surface area contributed by atoms with Gasteiger partial charge in [-0.3, -0.25) is 4.79 Å². The number of alkyl halides is 3. The molecule has 2 fully saturated rings. The van der Waals surface area contributed by atoms with Crippen LogP contribution in [0, 0.1) is 5.92 Å². The Morgan fingerprint density at radius 1 is 1.30 bits per heavy atom. The Labute approximate surface area is 132 Å². The first-order valence-electron chi connectivity index (χ1n) is 7.51. The van der Waals surface area contributed by atoms with Crippen molar-refractivity contribution in [2.45, 2.75) is 38.5 Å². The van der Waals surface area contributed by atoms with Crippen LogP contribution in [0.25, 0.3) is 0 Å². The van der Waals surface area contributed by atoms with Crippen LogP contribution in [0.5, 0.6) is 5.75 Å². The second-order valence-electron chi connectivity index (χ2n) is 6.11. The number of rotatable bonds is 3. The van der Waals surface area contributed by atoms with Gasteiger partial charge in [0.1, 0.15) is 5.75 Å². The van der Waals surface area contributed by atoms with Crippen molar-refractivity contribution in [3.8, 4) is 5.75 Å². The maximum atomic E-state index is 13.0. The Morgan fingerprint density at radius 2 is 1.96 bits per heavy atom. The molecule has 2 unspecified atom stereocenters. The van der Waals surface area contributed by atoms with E-state index in [1.807, 2.05) is 12.1 Å². The van der Waals surface area contributed by atoms with Crippen LogP contribution in [-0.2, 0) is 11.3 Å². The van der Waals surface area contributed by atoms with Gasteiger partial charge >= 0.3 is 6.18 Å². The standard InChI is InChI=1S/C17H18F3NO2/c1-10(17(18,19)20)14-7-12-8-15(14)21(16(12)22)9-11-3-5-13(23-2)6-4-11/h3-6,12,15H,7-9H2,1-2H3/b14-10-. The maximum absolute atomic E-state index is 13.0. The zero-order chi connectivity index (χ0) is 16.8. The quantitative estimate of drug-likeness (QED) is 0.793. The molecule has 3 rings (SSSR count). The van der Waals surface area contributed by atoms with Crippen molar-refractivity contribution in [2.75, 3.05) is 7.11 Å². The topological polar surface area (TPSA) is 29.5 Å². The SMILES string of the molecule is COc1ccc(CN2C(=O)C3C/C(=C(\C)C(F)(F)F)C2C3)cc1. The van der Waals surface area contributed by atoms with Gasteiger partial charge in [0.15, 0.2) is 0 Å². The zero-order valence-corrected chi connectivity index (χ0v) is 13.0. The van der Waals surface area contributed by atoms with Gasteiger partial charge in [-0.2, -0.15) is 13.2 Å². The van der Waals surface area contributed by atoms with E-state index in [-0.39, 0.29) is 18.2 Å². The molecule has 1 saturated heterocycles. The molecule has 0 N–H and O–H groups in total. The van der Waals surface area contributed by atoms with E-state index in [9.17, 15) is 18.0 Å². The Kier molecular flexibility index (Phi) is 3.86. The molecular formula is C17H18F3NO2. The van der Waals surface area contributed by atoms with Gasteiger partial charge in [0, 0.05) is 18.0 Å². The number of carbonyl (C=O) groups excluding carboxylic acids is 1. The summed E-state index contributed by atoms with van der Waals surface area (Å²) in [5.41, 5.74) is 0.712. The van der Waals surface area contributed by atoms with Crippen molar-refractivity contribution in [1.29, 1.82) is 0 Å². The van der Waals surface area contributed by atoms with Crippen LogP contribution in [0.3, 0.4) is 0 Å². The molecule has 3 nitrogen and oxygen atoms in total. The van der Waals surface area contributed by atoms with E-state index < -0.39 is 17.8 Å². The third-order valence-corrected chi connectivity index (χ3v) is 4.80. The minimum atomic E-state index is -4.32. The van der Waals surface area contributed by atoms with Crippen molar-refractivity contribution in [3.05, 3.63) is 41.0 Å². The van der Waals surface area contributed by atoms with Gasteiger partial charge in [-0.05, 0) is 43.0 Å². The van der Waals surface area contributed by atoms with Crippen molar-refractivity contribution in [3.63, 3.8) is 0 Å². The molecule has 1 saturated carbocycles. The molecule has 2 atom stereocenters. The lowest BCUT2D eigenvalue weighted by Crippen LogP contribution is -2.39. The fourth-order valence-electron chi connectivity index (χ4n) is 3.49. The number of ether oxygens (including phenoxy) is 1. The summed E-state index contributed by atoms with van der Waals surface area (Å²) in [5.74, 6) is 0.367. The molecule has 0 spiro atoms. The molecule has 1 aromatic rings. The number of fused-ring (bicyclic) bond motifs is 2. The van der Waals surface area contributed by atoms with E-state index in [1.165, 1.54) is 0 Å².